The molecule has 1 aliphatic carbocycles. The molecule has 1 aliphatic rings. The summed E-state index contributed by atoms with van der Waals surface area (Å²) in [5, 5.41) is 0. The normalized spacial score (nSPS) is 12.4. The van der Waals surface area contributed by atoms with Crippen LogP contribution in [0.15, 0.2) is 17.7 Å². The second kappa shape index (κ2) is 17.6. The van der Waals surface area contributed by atoms with E-state index in [1.165, 1.54) is 5.57 Å². The largest absolute Gasteiger partial charge is 4.00 e. The average Bonchev–Trinajstić information content (AvgIpc) is 2.83. The summed E-state index contributed by atoms with van der Waals surface area (Å²) in [5.74, 6) is 0. The Labute approximate surface area is 155 Å². The third kappa shape index (κ3) is 10.9. The molecular formula is C17H34O3PtSi. The van der Waals surface area contributed by atoms with E-state index in [0.29, 0.717) is 19.8 Å². The quantitative estimate of drug-likeness (QED) is 0.311. The molecule has 134 valence electrons. The van der Waals surface area contributed by atoms with Crippen molar-refractivity contribution in [2.45, 2.75) is 46.1 Å². The zero-order chi connectivity index (χ0) is 13.3. The summed E-state index contributed by atoms with van der Waals surface area (Å²) in [6, 6.07) is 0.890. The molecule has 0 saturated carbocycles. The molecule has 3 nitrogen and oxygen atoms in total. The maximum Gasteiger partial charge on any atom is 4.00 e. The Morgan fingerprint density at radius 3 is 1.86 bits per heavy atom. The molecular weight excluding hydrogens is 475 g/mol. The average molecular weight is 510 g/mol. The second-order valence-corrected chi connectivity index (χ2v) is 6.88. The van der Waals surface area contributed by atoms with Crippen molar-refractivity contribution in [3.63, 3.8) is 0 Å². The first-order valence-electron chi connectivity index (χ1n) is 6.94. The zero-order valence-electron chi connectivity index (χ0n) is 15.1. The summed E-state index contributed by atoms with van der Waals surface area (Å²) in [4.78, 5) is 0. The summed E-state index contributed by atoms with van der Waals surface area (Å²) in [7, 11) is -2.43. The molecule has 5 heteroatoms. The van der Waals surface area contributed by atoms with Crippen molar-refractivity contribution in [1.29, 1.82) is 0 Å². The molecule has 0 unspecified atom stereocenters. The first kappa shape index (κ1) is 30.2. The fourth-order valence-corrected chi connectivity index (χ4v) is 4.73. The monoisotopic (exact) mass is 509 g/mol. The minimum Gasteiger partial charge on any atom is -0.374 e. The van der Waals surface area contributed by atoms with E-state index in [1.54, 1.807) is 0 Å². The predicted molar refractivity (Wildman–Crippen MR) is 94.4 cm³/mol. The molecule has 0 bridgehead atoms. The Kier molecular flexibility index (Phi) is 24.2. The molecule has 0 spiro atoms. The maximum absolute atomic E-state index is 5.82. The van der Waals surface area contributed by atoms with E-state index in [1.807, 2.05) is 20.8 Å². The SMILES string of the molecule is CCO[Si](CCCC1=[C-]CC=C1)(OCC)OCC.[CH3-].[CH3-].[CH3-].[Pt+4]. The van der Waals surface area contributed by atoms with Gasteiger partial charge in [-0.1, -0.05) is 6.42 Å². The number of hydrogen-bond donors (Lipinski definition) is 0. The zero-order valence-corrected chi connectivity index (χ0v) is 18.4. The van der Waals surface area contributed by atoms with Crippen molar-refractivity contribution >= 4 is 8.80 Å². The van der Waals surface area contributed by atoms with E-state index >= 15 is 0 Å². The molecule has 0 aromatic carbocycles. The molecule has 0 aromatic rings. The van der Waals surface area contributed by atoms with Gasteiger partial charge in [0.15, 0.2) is 0 Å². The molecule has 0 fully saturated rings. The molecule has 0 radical (unpaired) electrons. The third-order valence-corrected chi connectivity index (χ3v) is 5.94. The molecule has 22 heavy (non-hydrogen) atoms. The van der Waals surface area contributed by atoms with E-state index in [4.69, 9.17) is 13.3 Å². The van der Waals surface area contributed by atoms with Crippen LogP contribution in [0.5, 0.6) is 0 Å². The van der Waals surface area contributed by atoms with Crippen molar-refractivity contribution in [3.05, 3.63) is 46.1 Å². The maximum atomic E-state index is 5.82. The molecule has 0 atom stereocenters. The summed E-state index contributed by atoms with van der Waals surface area (Å²) >= 11 is 0. The van der Waals surface area contributed by atoms with Crippen LogP contribution in [0.1, 0.15) is 40.0 Å². The Hall–Kier alpha value is 0.265. The fraction of sp³-hybridized carbons (Fsp3) is 0.588. The van der Waals surface area contributed by atoms with E-state index in [9.17, 15) is 0 Å². The van der Waals surface area contributed by atoms with Crippen LogP contribution in [0, 0.1) is 28.4 Å². The molecule has 0 heterocycles. The first-order valence-corrected chi connectivity index (χ1v) is 8.87. The van der Waals surface area contributed by atoms with Crippen LogP contribution in [-0.2, 0) is 34.3 Å². The fourth-order valence-electron chi connectivity index (χ4n) is 2.12. The van der Waals surface area contributed by atoms with Gasteiger partial charge in [-0.3, -0.25) is 6.08 Å². The van der Waals surface area contributed by atoms with Crippen molar-refractivity contribution in [3.8, 4) is 0 Å². The Morgan fingerprint density at radius 1 is 1.00 bits per heavy atom. The first-order chi connectivity index (χ1) is 8.76. The minimum atomic E-state index is -2.43. The third-order valence-electron chi connectivity index (χ3n) is 2.79. The van der Waals surface area contributed by atoms with Gasteiger partial charge in [-0.2, -0.15) is 6.08 Å². The van der Waals surface area contributed by atoms with Gasteiger partial charge >= 0.3 is 29.9 Å². The topological polar surface area (TPSA) is 27.7 Å². The van der Waals surface area contributed by atoms with Crippen molar-refractivity contribution in [2.75, 3.05) is 19.8 Å². The second-order valence-electron chi connectivity index (χ2n) is 4.14. The van der Waals surface area contributed by atoms with Gasteiger partial charge < -0.3 is 35.6 Å². The van der Waals surface area contributed by atoms with Gasteiger partial charge in [0, 0.05) is 25.9 Å². The van der Waals surface area contributed by atoms with Crippen LogP contribution in [0.2, 0.25) is 6.04 Å². The molecule has 0 N–H and O–H groups in total. The van der Waals surface area contributed by atoms with E-state index < -0.39 is 8.80 Å². The van der Waals surface area contributed by atoms with Crippen LogP contribution in [-0.4, -0.2) is 28.6 Å². The standard InChI is InChI=1S/C14H25O3Si.3CH3.Pt/c1-4-15-18(16-5-2,17-6-3)13-9-12-14-10-7-8-11-14;;;;/h7,10H,4-6,8-9,12-13H2,1-3H3;3*1H3;/q4*-1;+4. The Balaban J connectivity index is -0.000000405. The van der Waals surface area contributed by atoms with Gasteiger partial charge in [0.05, 0.1) is 0 Å². The van der Waals surface area contributed by atoms with Crippen molar-refractivity contribution in [1.82, 2.24) is 0 Å². The molecule has 1 rings (SSSR count). The van der Waals surface area contributed by atoms with Crippen LogP contribution in [0.3, 0.4) is 0 Å². The van der Waals surface area contributed by atoms with Crippen LogP contribution >= 0.6 is 0 Å². The van der Waals surface area contributed by atoms with Gasteiger partial charge in [0.25, 0.3) is 0 Å². The van der Waals surface area contributed by atoms with Crippen LogP contribution in [0.4, 0.5) is 0 Å². The minimum absolute atomic E-state index is 0. The summed E-state index contributed by atoms with van der Waals surface area (Å²) in [5.41, 5.74) is 1.31. The van der Waals surface area contributed by atoms with Crippen molar-refractivity contribution < 1.29 is 34.3 Å². The van der Waals surface area contributed by atoms with E-state index in [-0.39, 0.29) is 43.3 Å². The van der Waals surface area contributed by atoms with E-state index in [2.05, 4.69) is 18.2 Å². The Morgan fingerprint density at radius 2 is 1.50 bits per heavy atom. The molecule has 0 amide bonds. The number of allylic oxidation sites excluding steroid dienone is 4. The molecule has 0 aliphatic heterocycles. The van der Waals surface area contributed by atoms with Crippen LogP contribution in [0.25, 0.3) is 0 Å². The summed E-state index contributed by atoms with van der Waals surface area (Å²) in [6.45, 7) is 7.95. The summed E-state index contributed by atoms with van der Waals surface area (Å²) in [6.07, 6.45) is 10.7. The number of hydrogen-bond acceptors (Lipinski definition) is 3. The van der Waals surface area contributed by atoms with Gasteiger partial charge in [-0.25, -0.2) is 11.6 Å². The Bertz CT molecular complexity index is 277. The van der Waals surface area contributed by atoms with Gasteiger partial charge in [0.1, 0.15) is 0 Å². The predicted octanol–water partition coefficient (Wildman–Crippen LogP) is 4.85. The van der Waals surface area contributed by atoms with Crippen molar-refractivity contribution in [2.24, 2.45) is 0 Å². The van der Waals surface area contributed by atoms with Gasteiger partial charge in [0.2, 0.25) is 0 Å². The van der Waals surface area contributed by atoms with Gasteiger partial charge in [-0.15, -0.1) is 6.42 Å². The number of rotatable bonds is 10. The van der Waals surface area contributed by atoms with E-state index in [0.717, 1.165) is 25.3 Å². The molecule has 0 saturated heterocycles. The molecule has 0 aromatic heterocycles. The summed E-state index contributed by atoms with van der Waals surface area (Å²) < 4.78 is 17.5. The van der Waals surface area contributed by atoms with Crippen LogP contribution < -0.4 is 0 Å². The van der Waals surface area contributed by atoms with Gasteiger partial charge in [-0.05, 0) is 27.2 Å². The smallest absolute Gasteiger partial charge is 0.374 e.